The number of amides is 1. The number of benzene rings is 2. The molecule has 0 aliphatic carbocycles. The van der Waals surface area contributed by atoms with Crippen LogP contribution < -0.4 is 5.73 Å². The van der Waals surface area contributed by atoms with Crippen molar-refractivity contribution < 1.29 is 9.18 Å². The third-order valence-corrected chi connectivity index (χ3v) is 3.86. The molecule has 0 radical (unpaired) electrons. The van der Waals surface area contributed by atoms with Gasteiger partial charge in [0.15, 0.2) is 0 Å². The maximum Gasteiger partial charge on any atom is 0.227 e. The molecule has 108 valence electrons. The number of hydrogen-bond acceptors (Lipinski definition) is 2. The smallest absolute Gasteiger partial charge is 0.227 e. The van der Waals surface area contributed by atoms with Crippen molar-refractivity contribution in [2.45, 2.75) is 19.4 Å². The minimum atomic E-state index is -0.282. The highest BCUT2D eigenvalue weighted by Crippen LogP contribution is 2.22. The van der Waals surface area contributed by atoms with E-state index < -0.39 is 0 Å². The third-order valence-electron chi connectivity index (χ3n) is 3.86. The summed E-state index contributed by atoms with van der Waals surface area (Å²) in [6.07, 6.45) is 1.14. The summed E-state index contributed by atoms with van der Waals surface area (Å²) >= 11 is 0. The van der Waals surface area contributed by atoms with Gasteiger partial charge in [-0.25, -0.2) is 4.39 Å². The maximum absolute atomic E-state index is 12.9. The molecular weight excluding hydrogens is 267 g/mol. The summed E-state index contributed by atoms with van der Waals surface area (Å²) < 4.78 is 12.9. The Labute approximate surface area is 123 Å². The highest BCUT2D eigenvalue weighted by molar-refractivity contribution is 5.79. The van der Waals surface area contributed by atoms with Crippen molar-refractivity contribution in [1.29, 1.82) is 0 Å². The molecule has 1 heterocycles. The number of hydrogen-bond donors (Lipinski definition) is 1. The van der Waals surface area contributed by atoms with Crippen LogP contribution in [0.2, 0.25) is 0 Å². The molecule has 0 spiro atoms. The molecule has 3 rings (SSSR count). The van der Waals surface area contributed by atoms with E-state index in [1.807, 2.05) is 23.1 Å². The van der Waals surface area contributed by atoms with E-state index in [1.54, 1.807) is 12.1 Å². The van der Waals surface area contributed by atoms with Gasteiger partial charge in [-0.2, -0.15) is 0 Å². The van der Waals surface area contributed by atoms with Crippen LogP contribution >= 0.6 is 0 Å². The van der Waals surface area contributed by atoms with Crippen LogP contribution in [0, 0.1) is 5.82 Å². The molecule has 1 amide bonds. The van der Waals surface area contributed by atoms with Crippen LogP contribution in [0.25, 0.3) is 0 Å². The lowest BCUT2D eigenvalue weighted by atomic mass is 9.98. The van der Waals surface area contributed by atoms with E-state index in [4.69, 9.17) is 5.73 Å². The highest BCUT2D eigenvalue weighted by atomic mass is 19.1. The van der Waals surface area contributed by atoms with Gasteiger partial charge < -0.3 is 10.6 Å². The van der Waals surface area contributed by atoms with E-state index >= 15 is 0 Å². The Kier molecular flexibility index (Phi) is 3.60. The Bertz CT molecular complexity index is 667. The Morgan fingerprint density at radius 1 is 1.14 bits per heavy atom. The van der Waals surface area contributed by atoms with Gasteiger partial charge in [0, 0.05) is 18.8 Å². The number of halogens is 1. The van der Waals surface area contributed by atoms with E-state index in [9.17, 15) is 9.18 Å². The maximum atomic E-state index is 12.9. The van der Waals surface area contributed by atoms with Crippen LogP contribution in [0.4, 0.5) is 10.1 Å². The number of anilines is 1. The number of carbonyl (C=O) groups is 1. The van der Waals surface area contributed by atoms with Crippen molar-refractivity contribution in [3.05, 3.63) is 65.0 Å². The molecule has 0 aromatic heterocycles. The van der Waals surface area contributed by atoms with Gasteiger partial charge in [-0.1, -0.05) is 18.2 Å². The summed E-state index contributed by atoms with van der Waals surface area (Å²) in [5.41, 5.74) is 9.76. The summed E-state index contributed by atoms with van der Waals surface area (Å²) in [4.78, 5) is 14.2. The lowest BCUT2D eigenvalue weighted by Crippen LogP contribution is -2.36. The lowest BCUT2D eigenvalue weighted by molar-refractivity contribution is -0.131. The first-order valence-corrected chi connectivity index (χ1v) is 7.01. The molecule has 0 saturated carbocycles. The quantitative estimate of drug-likeness (QED) is 0.861. The summed E-state index contributed by atoms with van der Waals surface area (Å²) in [6.45, 7) is 1.33. The van der Waals surface area contributed by atoms with Crippen LogP contribution in [-0.2, 0) is 24.2 Å². The SMILES string of the molecule is Nc1ccc2c(c1)CCN(C(=O)Cc1ccc(F)cc1)C2. The summed E-state index contributed by atoms with van der Waals surface area (Å²) in [5.74, 6) is -0.209. The van der Waals surface area contributed by atoms with Crippen LogP contribution in [0.1, 0.15) is 16.7 Å². The monoisotopic (exact) mass is 284 g/mol. The van der Waals surface area contributed by atoms with Crippen LogP contribution in [0.15, 0.2) is 42.5 Å². The van der Waals surface area contributed by atoms with E-state index in [0.717, 1.165) is 23.2 Å². The normalized spacial score (nSPS) is 13.9. The second-order valence-corrected chi connectivity index (χ2v) is 5.40. The molecule has 1 aliphatic heterocycles. The van der Waals surface area contributed by atoms with Gasteiger partial charge in [-0.15, -0.1) is 0 Å². The molecule has 3 nitrogen and oxygen atoms in total. The average molecular weight is 284 g/mol. The Morgan fingerprint density at radius 3 is 2.67 bits per heavy atom. The fraction of sp³-hybridized carbons (Fsp3) is 0.235. The van der Waals surface area contributed by atoms with Gasteiger partial charge in [-0.3, -0.25) is 4.79 Å². The fourth-order valence-electron chi connectivity index (χ4n) is 2.67. The largest absolute Gasteiger partial charge is 0.399 e. The van der Waals surface area contributed by atoms with Crippen molar-refractivity contribution in [2.24, 2.45) is 0 Å². The summed E-state index contributed by atoms with van der Waals surface area (Å²) in [7, 11) is 0. The number of nitrogens with zero attached hydrogens (tertiary/aromatic N) is 1. The highest BCUT2D eigenvalue weighted by Gasteiger charge is 2.20. The molecule has 0 bridgehead atoms. The average Bonchev–Trinajstić information content (AvgIpc) is 2.49. The van der Waals surface area contributed by atoms with E-state index in [-0.39, 0.29) is 11.7 Å². The molecular formula is C17H17FN2O. The molecule has 2 aromatic carbocycles. The van der Waals surface area contributed by atoms with Crippen molar-refractivity contribution in [1.82, 2.24) is 4.90 Å². The minimum absolute atomic E-state index is 0.0732. The molecule has 2 aromatic rings. The number of rotatable bonds is 2. The Morgan fingerprint density at radius 2 is 1.90 bits per heavy atom. The standard InChI is InChI=1S/C17H17FN2O/c18-15-4-1-12(2-5-15)9-17(21)20-8-7-13-10-16(19)6-3-14(13)11-20/h1-6,10H,7-9,11,19H2. The van der Waals surface area contributed by atoms with Gasteiger partial charge >= 0.3 is 0 Å². The first kappa shape index (κ1) is 13.6. The lowest BCUT2D eigenvalue weighted by Gasteiger charge is -2.29. The Balaban J connectivity index is 1.69. The van der Waals surface area contributed by atoms with E-state index in [0.29, 0.717) is 19.5 Å². The number of fused-ring (bicyclic) bond motifs is 1. The van der Waals surface area contributed by atoms with E-state index in [2.05, 4.69) is 0 Å². The Hall–Kier alpha value is -2.36. The summed E-state index contributed by atoms with van der Waals surface area (Å²) in [5, 5.41) is 0. The van der Waals surface area contributed by atoms with E-state index in [1.165, 1.54) is 17.7 Å². The zero-order valence-corrected chi connectivity index (χ0v) is 11.7. The van der Waals surface area contributed by atoms with Crippen molar-refractivity contribution >= 4 is 11.6 Å². The molecule has 0 unspecified atom stereocenters. The van der Waals surface area contributed by atoms with Gasteiger partial charge in [-0.05, 0) is 47.4 Å². The second kappa shape index (κ2) is 5.56. The molecule has 1 aliphatic rings. The molecule has 2 N–H and O–H groups in total. The zero-order chi connectivity index (χ0) is 14.8. The molecule has 21 heavy (non-hydrogen) atoms. The fourth-order valence-corrected chi connectivity index (χ4v) is 2.67. The predicted molar refractivity (Wildman–Crippen MR) is 80.1 cm³/mol. The van der Waals surface area contributed by atoms with Crippen molar-refractivity contribution in [3.63, 3.8) is 0 Å². The molecule has 0 fully saturated rings. The van der Waals surface area contributed by atoms with Crippen LogP contribution in [0.3, 0.4) is 0 Å². The van der Waals surface area contributed by atoms with Crippen LogP contribution in [0.5, 0.6) is 0 Å². The first-order valence-electron chi connectivity index (χ1n) is 7.01. The topological polar surface area (TPSA) is 46.3 Å². The van der Waals surface area contributed by atoms with Gasteiger partial charge in [0.2, 0.25) is 5.91 Å². The molecule has 0 saturated heterocycles. The molecule has 0 atom stereocenters. The van der Waals surface area contributed by atoms with Crippen molar-refractivity contribution in [2.75, 3.05) is 12.3 Å². The second-order valence-electron chi connectivity index (χ2n) is 5.40. The van der Waals surface area contributed by atoms with Gasteiger partial charge in [0.1, 0.15) is 5.82 Å². The number of nitrogen functional groups attached to an aromatic ring is 1. The summed E-state index contributed by atoms with van der Waals surface area (Å²) in [6, 6.07) is 11.9. The number of carbonyl (C=O) groups excluding carboxylic acids is 1. The third kappa shape index (κ3) is 3.05. The minimum Gasteiger partial charge on any atom is -0.399 e. The van der Waals surface area contributed by atoms with Gasteiger partial charge in [0.25, 0.3) is 0 Å². The first-order chi connectivity index (χ1) is 10.1. The number of nitrogens with two attached hydrogens (primary N) is 1. The molecule has 4 heteroatoms. The van der Waals surface area contributed by atoms with Crippen molar-refractivity contribution in [3.8, 4) is 0 Å². The van der Waals surface area contributed by atoms with Gasteiger partial charge in [0.05, 0.1) is 6.42 Å². The zero-order valence-electron chi connectivity index (χ0n) is 11.7. The van der Waals surface area contributed by atoms with Crippen LogP contribution in [-0.4, -0.2) is 17.4 Å². The predicted octanol–water partition coefficient (Wildman–Crippen LogP) is 2.54.